The van der Waals surface area contributed by atoms with Gasteiger partial charge in [0, 0.05) is 64.8 Å². The molecule has 2 aromatic rings. The zero-order chi connectivity index (χ0) is 18.3. The number of ether oxygens (including phenoxy) is 1. The lowest BCUT2D eigenvalue weighted by Crippen LogP contribution is -2.47. The number of morpholine rings is 1. The summed E-state index contributed by atoms with van der Waals surface area (Å²) in [5, 5.41) is 11.5. The summed E-state index contributed by atoms with van der Waals surface area (Å²) in [6.45, 7) is 8.75. The minimum absolute atomic E-state index is 0.578. The third kappa shape index (κ3) is 4.77. The van der Waals surface area contributed by atoms with E-state index in [-0.39, 0.29) is 0 Å². The van der Waals surface area contributed by atoms with Crippen LogP contribution in [-0.2, 0) is 4.74 Å². The Morgan fingerprint density at radius 1 is 0.963 bits per heavy atom. The zero-order valence-corrected chi connectivity index (χ0v) is 15.4. The van der Waals surface area contributed by atoms with Gasteiger partial charge in [-0.2, -0.15) is 10.1 Å². The van der Waals surface area contributed by atoms with Gasteiger partial charge in [0.05, 0.1) is 19.4 Å². The Morgan fingerprint density at radius 3 is 2.48 bits per heavy atom. The number of nitrogens with one attached hydrogen (secondary N) is 1. The second kappa shape index (κ2) is 8.87. The highest BCUT2D eigenvalue weighted by Crippen LogP contribution is 2.16. The van der Waals surface area contributed by atoms with Gasteiger partial charge < -0.3 is 19.9 Å². The van der Waals surface area contributed by atoms with E-state index in [1.165, 1.54) is 0 Å². The van der Waals surface area contributed by atoms with Gasteiger partial charge in [0.1, 0.15) is 0 Å². The first kappa shape index (κ1) is 17.8. The average Bonchev–Trinajstić information content (AvgIpc) is 2.76. The first-order valence-electron chi connectivity index (χ1n) is 9.39. The van der Waals surface area contributed by atoms with Gasteiger partial charge in [0.25, 0.3) is 0 Å². The monoisotopic (exact) mass is 371 g/mol. The van der Waals surface area contributed by atoms with Crippen LogP contribution in [0.15, 0.2) is 24.7 Å². The van der Waals surface area contributed by atoms with Crippen LogP contribution < -0.4 is 15.1 Å². The molecule has 2 aliphatic rings. The third-order valence-corrected chi connectivity index (χ3v) is 4.80. The minimum atomic E-state index is 0.578. The molecule has 0 aromatic carbocycles. The second-order valence-electron chi connectivity index (χ2n) is 6.54. The molecule has 144 valence electrons. The number of piperazine rings is 1. The van der Waals surface area contributed by atoms with Crippen LogP contribution in [0.25, 0.3) is 0 Å². The average molecular weight is 371 g/mol. The van der Waals surface area contributed by atoms with Crippen LogP contribution in [0.4, 0.5) is 17.7 Å². The largest absolute Gasteiger partial charge is 0.379 e. The molecule has 2 aromatic heterocycles. The highest BCUT2D eigenvalue weighted by atomic mass is 16.5. The fourth-order valence-electron chi connectivity index (χ4n) is 3.26. The Balaban J connectivity index is 1.27. The Bertz CT molecular complexity index is 703. The molecule has 0 unspecified atom stereocenters. The molecule has 4 rings (SSSR count). The molecule has 2 aliphatic heterocycles. The first-order valence-corrected chi connectivity index (χ1v) is 9.39. The van der Waals surface area contributed by atoms with Gasteiger partial charge in [-0.25, -0.2) is 9.97 Å². The summed E-state index contributed by atoms with van der Waals surface area (Å²) in [7, 11) is 0. The maximum Gasteiger partial charge on any atom is 0.244 e. The van der Waals surface area contributed by atoms with E-state index in [0.717, 1.165) is 77.3 Å². The van der Waals surface area contributed by atoms with Crippen molar-refractivity contribution in [2.24, 2.45) is 0 Å². The van der Waals surface area contributed by atoms with Crippen molar-refractivity contribution in [2.45, 2.75) is 0 Å². The van der Waals surface area contributed by atoms with Gasteiger partial charge in [-0.1, -0.05) is 0 Å². The van der Waals surface area contributed by atoms with Crippen LogP contribution in [0, 0.1) is 0 Å². The summed E-state index contributed by atoms with van der Waals surface area (Å²) in [5.74, 6) is 2.21. The second-order valence-corrected chi connectivity index (χ2v) is 6.54. The van der Waals surface area contributed by atoms with Crippen LogP contribution in [0.3, 0.4) is 0 Å². The molecule has 4 heterocycles. The summed E-state index contributed by atoms with van der Waals surface area (Å²) in [4.78, 5) is 20.1. The molecule has 10 nitrogen and oxygen atoms in total. The number of anilines is 3. The van der Waals surface area contributed by atoms with Gasteiger partial charge >= 0.3 is 0 Å². The summed E-state index contributed by atoms with van der Waals surface area (Å²) in [5.41, 5.74) is 0. The lowest BCUT2D eigenvalue weighted by molar-refractivity contribution is 0.0398. The number of hydrogen-bond donors (Lipinski definition) is 1. The van der Waals surface area contributed by atoms with Crippen molar-refractivity contribution in [3.8, 4) is 0 Å². The van der Waals surface area contributed by atoms with Crippen molar-refractivity contribution in [2.75, 3.05) is 80.7 Å². The molecule has 2 fully saturated rings. The van der Waals surface area contributed by atoms with Crippen molar-refractivity contribution >= 4 is 17.7 Å². The fourth-order valence-corrected chi connectivity index (χ4v) is 3.26. The van der Waals surface area contributed by atoms with Gasteiger partial charge in [0.2, 0.25) is 11.9 Å². The molecule has 0 spiro atoms. The molecule has 0 aliphatic carbocycles. The Morgan fingerprint density at radius 2 is 1.70 bits per heavy atom. The quantitative estimate of drug-likeness (QED) is 0.731. The highest BCUT2D eigenvalue weighted by Gasteiger charge is 2.20. The van der Waals surface area contributed by atoms with E-state index >= 15 is 0 Å². The molecule has 27 heavy (non-hydrogen) atoms. The topological polar surface area (TPSA) is 95.4 Å². The standard InChI is InChI=1S/C17H25N9O/c1-2-19-17(20-3-1)26-8-6-25(7-9-26)15-14-21-23-16(22-15)18-4-5-24-10-12-27-13-11-24/h1-3,14H,4-13H2,(H,18,22,23). The fraction of sp³-hybridized carbons (Fsp3) is 0.588. The molecule has 1 N–H and O–H groups in total. The molecule has 0 amide bonds. The van der Waals surface area contributed by atoms with E-state index in [9.17, 15) is 0 Å². The van der Waals surface area contributed by atoms with Crippen molar-refractivity contribution in [1.29, 1.82) is 0 Å². The van der Waals surface area contributed by atoms with E-state index in [1.54, 1.807) is 18.6 Å². The van der Waals surface area contributed by atoms with Crippen molar-refractivity contribution < 1.29 is 4.74 Å². The van der Waals surface area contributed by atoms with E-state index in [4.69, 9.17) is 4.74 Å². The third-order valence-electron chi connectivity index (χ3n) is 4.80. The summed E-state index contributed by atoms with van der Waals surface area (Å²) < 4.78 is 5.37. The molecule has 0 saturated carbocycles. The lowest BCUT2D eigenvalue weighted by atomic mass is 10.3. The maximum absolute atomic E-state index is 5.37. The maximum atomic E-state index is 5.37. The minimum Gasteiger partial charge on any atom is -0.379 e. The Labute approximate surface area is 158 Å². The smallest absolute Gasteiger partial charge is 0.244 e. The van der Waals surface area contributed by atoms with Crippen LogP contribution in [0.1, 0.15) is 0 Å². The van der Waals surface area contributed by atoms with Crippen molar-refractivity contribution in [1.82, 2.24) is 30.0 Å². The van der Waals surface area contributed by atoms with Gasteiger partial charge in [-0.15, -0.1) is 5.10 Å². The van der Waals surface area contributed by atoms with Gasteiger partial charge in [-0.3, -0.25) is 4.90 Å². The predicted molar refractivity (Wildman–Crippen MR) is 102 cm³/mol. The van der Waals surface area contributed by atoms with Crippen molar-refractivity contribution in [3.05, 3.63) is 24.7 Å². The van der Waals surface area contributed by atoms with Gasteiger partial charge in [0.15, 0.2) is 5.82 Å². The molecule has 0 atom stereocenters. The SMILES string of the molecule is c1cnc(N2CCN(c3cnnc(NCCN4CCOCC4)n3)CC2)nc1. The predicted octanol–water partition coefficient (Wildman–Crippen LogP) is -0.268. The highest BCUT2D eigenvalue weighted by molar-refractivity contribution is 5.43. The van der Waals surface area contributed by atoms with Crippen molar-refractivity contribution in [3.63, 3.8) is 0 Å². The molecule has 10 heteroatoms. The molecule has 2 saturated heterocycles. The lowest BCUT2D eigenvalue weighted by Gasteiger charge is -2.35. The first-order chi connectivity index (χ1) is 13.4. The van der Waals surface area contributed by atoms with E-state index in [2.05, 4.69) is 45.2 Å². The number of rotatable bonds is 6. The molecule has 0 radical (unpaired) electrons. The summed E-state index contributed by atoms with van der Waals surface area (Å²) in [6, 6.07) is 1.83. The molecule has 0 bridgehead atoms. The number of aromatic nitrogens is 5. The van der Waals surface area contributed by atoms with Crippen LogP contribution in [0.2, 0.25) is 0 Å². The normalized spacial score (nSPS) is 18.5. The number of hydrogen-bond acceptors (Lipinski definition) is 10. The van der Waals surface area contributed by atoms with Crippen LogP contribution >= 0.6 is 0 Å². The van der Waals surface area contributed by atoms with E-state index in [0.29, 0.717) is 5.95 Å². The summed E-state index contributed by atoms with van der Waals surface area (Å²) >= 11 is 0. The van der Waals surface area contributed by atoms with E-state index < -0.39 is 0 Å². The van der Waals surface area contributed by atoms with Crippen LogP contribution in [-0.4, -0.2) is 95.6 Å². The molecular weight excluding hydrogens is 346 g/mol. The Hall–Kier alpha value is -2.59. The number of nitrogens with zero attached hydrogens (tertiary/aromatic N) is 8. The summed E-state index contributed by atoms with van der Waals surface area (Å²) in [6.07, 6.45) is 5.28. The Kier molecular flexibility index (Phi) is 5.85. The zero-order valence-electron chi connectivity index (χ0n) is 15.4. The van der Waals surface area contributed by atoms with Crippen LogP contribution in [0.5, 0.6) is 0 Å². The van der Waals surface area contributed by atoms with E-state index in [1.807, 2.05) is 6.07 Å². The van der Waals surface area contributed by atoms with Gasteiger partial charge in [-0.05, 0) is 6.07 Å². The molecular formula is C17H25N9O.